The maximum atomic E-state index is 12.6. The average molecular weight is 265 g/mol. The van der Waals surface area contributed by atoms with E-state index in [9.17, 15) is 18.3 Å². The summed E-state index contributed by atoms with van der Waals surface area (Å²) < 4.78 is 39.1. The monoisotopic (exact) mass is 265 g/mol. The van der Waals surface area contributed by atoms with Gasteiger partial charge in [-0.1, -0.05) is 6.92 Å². The fraction of sp³-hybridized carbons (Fsp3) is 0.727. The molecule has 7 heteroatoms. The second-order valence-corrected chi connectivity index (χ2v) is 4.21. The molecule has 104 valence electrons. The standard InChI is InChI=1S/C11H18F3N3O/c1-4-5-17(7-11(12,13)14)10-9(6-18)8(2)15-16(10)3/h18H,4-7H2,1-3H3. The molecule has 0 spiro atoms. The lowest BCUT2D eigenvalue weighted by molar-refractivity contribution is -0.119. The molecule has 1 rings (SSSR count). The summed E-state index contributed by atoms with van der Waals surface area (Å²) in [6, 6.07) is 0. The number of halogens is 3. The highest BCUT2D eigenvalue weighted by Crippen LogP contribution is 2.27. The Balaban J connectivity index is 3.12. The number of rotatable bonds is 5. The first kappa shape index (κ1) is 14.8. The van der Waals surface area contributed by atoms with Crippen molar-refractivity contribution >= 4 is 5.82 Å². The molecule has 0 bridgehead atoms. The van der Waals surface area contributed by atoms with Gasteiger partial charge in [-0.2, -0.15) is 18.3 Å². The number of anilines is 1. The molecule has 0 saturated carbocycles. The average Bonchev–Trinajstić information content (AvgIpc) is 2.50. The topological polar surface area (TPSA) is 41.3 Å². The van der Waals surface area contributed by atoms with Crippen LogP contribution in [0.2, 0.25) is 0 Å². The number of hydrogen-bond acceptors (Lipinski definition) is 3. The van der Waals surface area contributed by atoms with E-state index in [2.05, 4.69) is 5.10 Å². The Kier molecular flexibility index (Phi) is 4.61. The normalized spacial score (nSPS) is 11.9. The van der Waals surface area contributed by atoms with Gasteiger partial charge in [-0.15, -0.1) is 0 Å². The van der Waals surface area contributed by atoms with Crippen molar-refractivity contribution in [2.24, 2.45) is 7.05 Å². The van der Waals surface area contributed by atoms with E-state index in [1.807, 2.05) is 6.92 Å². The first-order valence-corrected chi connectivity index (χ1v) is 5.75. The van der Waals surface area contributed by atoms with Crippen LogP contribution in [0.15, 0.2) is 0 Å². The van der Waals surface area contributed by atoms with Crippen LogP contribution in [0, 0.1) is 6.92 Å². The van der Waals surface area contributed by atoms with Gasteiger partial charge in [0.25, 0.3) is 0 Å². The Hall–Kier alpha value is -1.24. The van der Waals surface area contributed by atoms with Gasteiger partial charge in [0.05, 0.1) is 12.3 Å². The molecule has 0 atom stereocenters. The number of aliphatic hydroxyl groups excluding tert-OH is 1. The summed E-state index contributed by atoms with van der Waals surface area (Å²) in [5, 5.41) is 13.3. The second-order valence-electron chi connectivity index (χ2n) is 4.21. The quantitative estimate of drug-likeness (QED) is 0.885. The Morgan fingerprint density at radius 3 is 2.44 bits per heavy atom. The summed E-state index contributed by atoms with van der Waals surface area (Å²) in [4.78, 5) is 1.21. The number of nitrogens with zero attached hydrogens (tertiary/aromatic N) is 3. The van der Waals surface area contributed by atoms with Crippen LogP contribution in [0.1, 0.15) is 24.6 Å². The highest BCUT2D eigenvalue weighted by molar-refractivity contribution is 5.50. The number of alkyl halides is 3. The van der Waals surface area contributed by atoms with E-state index in [0.29, 0.717) is 23.5 Å². The van der Waals surface area contributed by atoms with Crippen molar-refractivity contribution in [2.45, 2.75) is 33.1 Å². The zero-order valence-electron chi connectivity index (χ0n) is 10.8. The molecule has 0 radical (unpaired) electrons. The third-order valence-corrected chi connectivity index (χ3v) is 2.63. The van der Waals surface area contributed by atoms with Gasteiger partial charge in [-0.05, 0) is 13.3 Å². The molecular formula is C11H18F3N3O. The lowest BCUT2D eigenvalue weighted by Gasteiger charge is -2.26. The fourth-order valence-electron chi connectivity index (χ4n) is 2.02. The molecule has 0 fully saturated rings. The molecule has 0 amide bonds. The summed E-state index contributed by atoms with van der Waals surface area (Å²) >= 11 is 0. The van der Waals surface area contributed by atoms with Crippen molar-refractivity contribution < 1.29 is 18.3 Å². The smallest absolute Gasteiger partial charge is 0.391 e. The number of aliphatic hydroxyl groups is 1. The molecule has 0 aliphatic carbocycles. The van der Waals surface area contributed by atoms with E-state index in [1.54, 1.807) is 14.0 Å². The van der Waals surface area contributed by atoms with Crippen molar-refractivity contribution in [3.63, 3.8) is 0 Å². The number of aromatic nitrogens is 2. The molecule has 1 aromatic heterocycles. The minimum atomic E-state index is -4.28. The molecule has 0 aliphatic rings. The molecule has 0 saturated heterocycles. The van der Waals surface area contributed by atoms with Crippen molar-refractivity contribution in [1.82, 2.24) is 9.78 Å². The first-order valence-electron chi connectivity index (χ1n) is 5.75. The third-order valence-electron chi connectivity index (χ3n) is 2.63. The number of hydrogen-bond donors (Lipinski definition) is 1. The lowest BCUT2D eigenvalue weighted by atomic mass is 10.2. The van der Waals surface area contributed by atoms with Crippen molar-refractivity contribution in [3.8, 4) is 0 Å². The zero-order valence-corrected chi connectivity index (χ0v) is 10.8. The van der Waals surface area contributed by atoms with Gasteiger partial charge in [0.2, 0.25) is 0 Å². The minimum absolute atomic E-state index is 0.269. The summed E-state index contributed by atoms with van der Waals surface area (Å²) in [6.07, 6.45) is -3.69. The Bertz CT molecular complexity index is 401. The van der Waals surface area contributed by atoms with Crippen LogP contribution in [0.3, 0.4) is 0 Å². The first-order chi connectivity index (χ1) is 8.30. The molecule has 4 nitrogen and oxygen atoms in total. The van der Waals surface area contributed by atoms with Gasteiger partial charge in [0.1, 0.15) is 12.4 Å². The van der Waals surface area contributed by atoms with E-state index in [4.69, 9.17) is 0 Å². The van der Waals surface area contributed by atoms with Crippen LogP contribution in [0.25, 0.3) is 0 Å². The van der Waals surface area contributed by atoms with Crippen molar-refractivity contribution in [1.29, 1.82) is 0 Å². The van der Waals surface area contributed by atoms with E-state index >= 15 is 0 Å². The van der Waals surface area contributed by atoms with Crippen LogP contribution >= 0.6 is 0 Å². The molecule has 1 heterocycles. The Labute approximate surface area is 104 Å². The summed E-state index contributed by atoms with van der Waals surface area (Å²) in [5.74, 6) is 0.342. The van der Waals surface area contributed by atoms with Crippen LogP contribution < -0.4 is 4.90 Å². The highest BCUT2D eigenvalue weighted by Gasteiger charge is 2.32. The van der Waals surface area contributed by atoms with E-state index in [1.165, 1.54) is 9.58 Å². The summed E-state index contributed by atoms with van der Waals surface area (Å²) in [5.41, 5.74) is 1.01. The van der Waals surface area contributed by atoms with Crippen molar-refractivity contribution in [2.75, 3.05) is 18.0 Å². The lowest BCUT2D eigenvalue weighted by Crippen LogP contribution is -2.36. The summed E-state index contributed by atoms with van der Waals surface area (Å²) in [7, 11) is 1.58. The molecule has 0 unspecified atom stereocenters. The molecule has 0 aromatic carbocycles. The maximum absolute atomic E-state index is 12.6. The Morgan fingerprint density at radius 1 is 1.39 bits per heavy atom. The third kappa shape index (κ3) is 3.38. The van der Waals surface area contributed by atoms with Gasteiger partial charge in [0, 0.05) is 19.2 Å². The Morgan fingerprint density at radius 2 is 2.00 bits per heavy atom. The van der Waals surface area contributed by atoms with Gasteiger partial charge in [-0.3, -0.25) is 4.68 Å². The molecule has 0 aliphatic heterocycles. The predicted molar refractivity (Wildman–Crippen MR) is 62.4 cm³/mol. The number of aryl methyl sites for hydroxylation is 2. The minimum Gasteiger partial charge on any atom is -0.391 e. The van der Waals surface area contributed by atoms with Gasteiger partial charge in [-0.25, -0.2) is 0 Å². The summed E-state index contributed by atoms with van der Waals surface area (Å²) in [6.45, 7) is 2.41. The van der Waals surface area contributed by atoms with E-state index in [-0.39, 0.29) is 13.2 Å². The molecular weight excluding hydrogens is 247 g/mol. The second kappa shape index (κ2) is 5.60. The van der Waals surface area contributed by atoms with Gasteiger partial charge >= 0.3 is 6.18 Å². The van der Waals surface area contributed by atoms with Crippen LogP contribution in [-0.2, 0) is 13.7 Å². The highest BCUT2D eigenvalue weighted by atomic mass is 19.4. The predicted octanol–water partition coefficient (Wildman–Crippen LogP) is 2.00. The molecule has 1 N–H and O–H groups in total. The van der Waals surface area contributed by atoms with Crippen LogP contribution in [-0.4, -0.2) is 34.2 Å². The molecule has 1 aromatic rings. The maximum Gasteiger partial charge on any atom is 0.405 e. The fourth-order valence-corrected chi connectivity index (χ4v) is 2.02. The van der Waals surface area contributed by atoms with Crippen LogP contribution in [0.4, 0.5) is 19.0 Å². The SMILES string of the molecule is CCCN(CC(F)(F)F)c1c(CO)c(C)nn1C. The van der Waals surface area contributed by atoms with E-state index in [0.717, 1.165) is 0 Å². The van der Waals surface area contributed by atoms with E-state index < -0.39 is 12.7 Å². The van der Waals surface area contributed by atoms with Gasteiger partial charge in [0.15, 0.2) is 0 Å². The van der Waals surface area contributed by atoms with Crippen LogP contribution in [0.5, 0.6) is 0 Å². The largest absolute Gasteiger partial charge is 0.405 e. The molecule has 18 heavy (non-hydrogen) atoms. The zero-order chi connectivity index (χ0) is 13.9. The van der Waals surface area contributed by atoms with Crippen molar-refractivity contribution in [3.05, 3.63) is 11.3 Å². The van der Waals surface area contributed by atoms with Gasteiger partial charge < -0.3 is 10.0 Å².